The Bertz CT molecular complexity index is 590. The monoisotopic (exact) mass is 390 g/mol. The molecule has 0 bridgehead atoms. The summed E-state index contributed by atoms with van der Waals surface area (Å²) in [5.74, 6) is 0.749. The van der Waals surface area contributed by atoms with Crippen LogP contribution in [0.25, 0.3) is 0 Å². The van der Waals surface area contributed by atoms with Gasteiger partial charge in [0.2, 0.25) is 0 Å². The Morgan fingerprint density at radius 2 is 1.93 bits per heavy atom. The minimum atomic E-state index is -0.0340. The molecule has 0 spiro atoms. The summed E-state index contributed by atoms with van der Waals surface area (Å²) in [7, 11) is 0. The van der Waals surface area contributed by atoms with Crippen LogP contribution >= 0.6 is 0 Å². The van der Waals surface area contributed by atoms with Crippen molar-refractivity contribution in [1.82, 2.24) is 16.0 Å². The number of carbonyl (C=O) groups is 1. The van der Waals surface area contributed by atoms with Gasteiger partial charge in [-0.05, 0) is 50.8 Å². The Hall–Kier alpha value is -2.08. The second-order valence-corrected chi connectivity index (χ2v) is 6.92. The number of hydrogen-bond donors (Lipinski definition) is 3. The van der Waals surface area contributed by atoms with Crippen molar-refractivity contribution in [3.05, 3.63) is 35.4 Å². The van der Waals surface area contributed by atoms with Crippen LogP contribution in [0.2, 0.25) is 0 Å². The summed E-state index contributed by atoms with van der Waals surface area (Å²) in [5.41, 5.74) is 1.69. The van der Waals surface area contributed by atoms with Crippen molar-refractivity contribution in [2.45, 2.75) is 66.0 Å². The van der Waals surface area contributed by atoms with Gasteiger partial charge in [-0.25, -0.2) is 4.99 Å². The third kappa shape index (κ3) is 10.3. The van der Waals surface area contributed by atoms with E-state index in [1.165, 1.54) is 0 Å². The van der Waals surface area contributed by atoms with E-state index in [0.29, 0.717) is 12.1 Å². The molecule has 0 fully saturated rings. The summed E-state index contributed by atoms with van der Waals surface area (Å²) in [4.78, 5) is 16.9. The van der Waals surface area contributed by atoms with Gasteiger partial charge in [0.05, 0.1) is 6.54 Å². The Kier molecular flexibility index (Phi) is 12.8. The van der Waals surface area contributed by atoms with Crippen molar-refractivity contribution < 1.29 is 9.53 Å². The highest BCUT2D eigenvalue weighted by Gasteiger charge is 2.09. The van der Waals surface area contributed by atoms with Crippen molar-refractivity contribution in [2.24, 2.45) is 4.99 Å². The summed E-state index contributed by atoms with van der Waals surface area (Å²) < 4.78 is 5.58. The van der Waals surface area contributed by atoms with Crippen LogP contribution in [0.15, 0.2) is 29.3 Å². The number of nitrogens with zero attached hydrogens (tertiary/aromatic N) is 1. The van der Waals surface area contributed by atoms with Crippen LogP contribution in [0.5, 0.6) is 0 Å². The fourth-order valence-electron chi connectivity index (χ4n) is 2.46. The van der Waals surface area contributed by atoms with Crippen LogP contribution in [0, 0.1) is 0 Å². The van der Waals surface area contributed by atoms with E-state index in [2.05, 4.69) is 34.8 Å². The van der Waals surface area contributed by atoms with Gasteiger partial charge < -0.3 is 20.7 Å². The maximum atomic E-state index is 12.3. The number of carbonyl (C=O) groups excluding carboxylic acids is 1. The minimum Gasteiger partial charge on any atom is -0.381 e. The topological polar surface area (TPSA) is 74.8 Å². The van der Waals surface area contributed by atoms with Crippen molar-refractivity contribution in [1.29, 1.82) is 0 Å². The minimum absolute atomic E-state index is 0.0340. The van der Waals surface area contributed by atoms with Crippen molar-refractivity contribution in [3.63, 3.8) is 0 Å². The summed E-state index contributed by atoms with van der Waals surface area (Å²) in [6.07, 6.45) is 4.14. The number of ether oxygens (including phenoxy) is 1. The average molecular weight is 391 g/mol. The Morgan fingerprint density at radius 1 is 1.14 bits per heavy atom. The number of aliphatic imine (C=N–C) groups is 1. The number of unbranched alkanes of at least 4 members (excludes halogenated alkanes) is 1. The molecule has 1 rings (SSSR count). The van der Waals surface area contributed by atoms with Gasteiger partial charge in [-0.2, -0.15) is 0 Å². The van der Waals surface area contributed by atoms with Crippen molar-refractivity contribution >= 4 is 11.9 Å². The SMILES string of the molecule is CCCCOCCCNC(=NCc1cccc(C(=O)NC(C)CC)c1)NCC. The number of benzene rings is 1. The van der Waals surface area contributed by atoms with Gasteiger partial charge in [-0.15, -0.1) is 0 Å². The standard InChI is InChI=1S/C22H38N4O2/c1-5-8-14-28-15-10-13-24-22(23-7-3)25-17-19-11-9-12-20(16-19)21(27)26-18(4)6-2/h9,11-12,16,18H,5-8,10,13-15,17H2,1-4H3,(H,26,27)(H2,23,24,25). The molecule has 6 nitrogen and oxygen atoms in total. The predicted molar refractivity (Wildman–Crippen MR) is 117 cm³/mol. The van der Waals surface area contributed by atoms with Gasteiger partial charge >= 0.3 is 0 Å². The van der Waals surface area contributed by atoms with Crippen molar-refractivity contribution in [3.8, 4) is 0 Å². The molecule has 6 heteroatoms. The second kappa shape index (κ2) is 14.9. The van der Waals surface area contributed by atoms with Crippen LogP contribution in [0.3, 0.4) is 0 Å². The molecular weight excluding hydrogens is 352 g/mol. The molecule has 28 heavy (non-hydrogen) atoms. The molecule has 0 saturated carbocycles. The van der Waals surface area contributed by atoms with E-state index in [4.69, 9.17) is 4.74 Å². The molecule has 1 unspecified atom stereocenters. The summed E-state index contributed by atoms with van der Waals surface area (Å²) in [6.45, 7) is 12.0. The first-order valence-electron chi connectivity index (χ1n) is 10.6. The Balaban J connectivity index is 2.52. The Morgan fingerprint density at radius 3 is 2.64 bits per heavy atom. The predicted octanol–water partition coefficient (Wildman–Crippen LogP) is 3.48. The zero-order valence-corrected chi connectivity index (χ0v) is 18.0. The van der Waals surface area contributed by atoms with E-state index >= 15 is 0 Å². The number of hydrogen-bond acceptors (Lipinski definition) is 3. The molecule has 0 heterocycles. The molecule has 3 N–H and O–H groups in total. The number of rotatable bonds is 13. The van der Waals surface area contributed by atoms with Gasteiger partial charge in [-0.3, -0.25) is 4.79 Å². The molecule has 0 radical (unpaired) electrons. The molecule has 0 aliphatic carbocycles. The van der Waals surface area contributed by atoms with Gasteiger partial charge in [0, 0.05) is 37.9 Å². The fourth-order valence-corrected chi connectivity index (χ4v) is 2.46. The van der Waals surface area contributed by atoms with E-state index in [1.54, 1.807) is 0 Å². The van der Waals surface area contributed by atoms with Crippen LogP contribution in [-0.2, 0) is 11.3 Å². The maximum Gasteiger partial charge on any atom is 0.251 e. The third-order valence-electron chi connectivity index (χ3n) is 4.34. The molecule has 158 valence electrons. The molecule has 1 amide bonds. The molecular formula is C22H38N4O2. The largest absolute Gasteiger partial charge is 0.381 e. The Labute approximate surface area is 170 Å². The normalized spacial score (nSPS) is 12.5. The van der Waals surface area contributed by atoms with Gasteiger partial charge in [0.1, 0.15) is 0 Å². The second-order valence-electron chi connectivity index (χ2n) is 6.92. The average Bonchev–Trinajstić information content (AvgIpc) is 2.71. The first-order chi connectivity index (χ1) is 13.6. The van der Waals surface area contributed by atoms with E-state index in [1.807, 2.05) is 38.1 Å². The highest BCUT2D eigenvalue weighted by atomic mass is 16.5. The highest BCUT2D eigenvalue weighted by molar-refractivity contribution is 5.94. The summed E-state index contributed by atoms with van der Waals surface area (Å²) in [5, 5.41) is 9.59. The molecule has 1 aromatic rings. The zero-order valence-electron chi connectivity index (χ0n) is 18.0. The molecule has 0 saturated heterocycles. The van der Waals surface area contributed by atoms with Crippen LogP contribution in [0.4, 0.5) is 0 Å². The number of guanidine groups is 1. The summed E-state index contributed by atoms with van der Waals surface area (Å²) >= 11 is 0. The lowest BCUT2D eigenvalue weighted by Gasteiger charge is -2.13. The van der Waals surface area contributed by atoms with Crippen LogP contribution in [0.1, 0.15) is 69.3 Å². The van der Waals surface area contributed by atoms with E-state index in [0.717, 1.165) is 63.5 Å². The highest BCUT2D eigenvalue weighted by Crippen LogP contribution is 2.07. The lowest BCUT2D eigenvalue weighted by Crippen LogP contribution is -2.38. The molecule has 0 aliphatic heterocycles. The molecule has 0 aromatic heterocycles. The lowest BCUT2D eigenvalue weighted by atomic mass is 10.1. The van der Waals surface area contributed by atoms with Gasteiger partial charge in [-0.1, -0.05) is 32.4 Å². The van der Waals surface area contributed by atoms with E-state index < -0.39 is 0 Å². The van der Waals surface area contributed by atoms with Crippen LogP contribution < -0.4 is 16.0 Å². The van der Waals surface area contributed by atoms with E-state index in [9.17, 15) is 4.79 Å². The maximum absolute atomic E-state index is 12.3. The van der Waals surface area contributed by atoms with Crippen molar-refractivity contribution in [2.75, 3.05) is 26.3 Å². The quantitative estimate of drug-likeness (QED) is 0.274. The molecule has 1 atom stereocenters. The molecule has 1 aromatic carbocycles. The smallest absolute Gasteiger partial charge is 0.251 e. The summed E-state index contributed by atoms with van der Waals surface area (Å²) in [6, 6.07) is 7.82. The van der Waals surface area contributed by atoms with E-state index in [-0.39, 0.29) is 11.9 Å². The first kappa shape index (κ1) is 24.0. The lowest BCUT2D eigenvalue weighted by molar-refractivity contribution is 0.0939. The zero-order chi connectivity index (χ0) is 20.6. The van der Waals surface area contributed by atoms with Crippen LogP contribution in [-0.4, -0.2) is 44.2 Å². The number of nitrogens with one attached hydrogen (secondary N) is 3. The third-order valence-corrected chi connectivity index (χ3v) is 4.34. The fraction of sp³-hybridized carbons (Fsp3) is 0.636. The number of amides is 1. The first-order valence-corrected chi connectivity index (χ1v) is 10.6. The van der Waals surface area contributed by atoms with Gasteiger partial charge in [0.25, 0.3) is 5.91 Å². The molecule has 0 aliphatic rings. The van der Waals surface area contributed by atoms with Gasteiger partial charge in [0.15, 0.2) is 5.96 Å².